The number of nitrogens with zero attached hydrogens (tertiary/aromatic N) is 2. The minimum Gasteiger partial charge on any atom is -0.399 e. The average Bonchev–Trinajstić information content (AvgIpc) is 3.64. The molecule has 8 nitrogen and oxygen atoms in total. The predicted octanol–water partition coefficient (Wildman–Crippen LogP) is 3.94. The summed E-state index contributed by atoms with van der Waals surface area (Å²) in [5.74, 6) is 0.560. The van der Waals surface area contributed by atoms with Gasteiger partial charge in [0.1, 0.15) is 11.9 Å². The standard InChI is InChI=1S/C34H43N7O/c1-19(2)40-33(38)34(16-20(3)39-18-21(4)41-28(17-35)14-27-15-31(27)41)29-10-8-23(22(5)36)12-24(29)6-7-25-13-26(32(37)42)9-11-30(25)34/h8-13,19-20,27-28,31,39H,4-7,14-16,18,36H2,1-3H3,(H2,37,42)(H2,38,40)/t20-,27+,28?,31-,34?/m0/s1. The first-order valence-electron chi connectivity index (χ1n) is 14.9. The number of nitriles is 1. The molecule has 2 fully saturated rings. The maximum absolute atomic E-state index is 12.2. The summed E-state index contributed by atoms with van der Waals surface area (Å²) >= 11 is 0. The lowest BCUT2D eigenvalue weighted by molar-refractivity contribution is 0.1000. The van der Waals surface area contributed by atoms with E-state index >= 15 is 0 Å². The van der Waals surface area contributed by atoms with Crippen LogP contribution in [0.4, 0.5) is 0 Å². The van der Waals surface area contributed by atoms with Gasteiger partial charge < -0.3 is 27.0 Å². The molecule has 1 saturated heterocycles. The molecule has 5 atom stereocenters. The Morgan fingerprint density at radius 1 is 1.10 bits per heavy atom. The van der Waals surface area contributed by atoms with Gasteiger partial charge in [-0.05, 0) is 105 Å². The van der Waals surface area contributed by atoms with E-state index in [2.05, 4.69) is 53.8 Å². The monoisotopic (exact) mass is 565 g/mol. The molecule has 0 radical (unpaired) electrons. The molecule has 1 heterocycles. The summed E-state index contributed by atoms with van der Waals surface area (Å²) in [6.45, 7) is 15.1. The Labute approximate surface area is 249 Å². The number of nitrogens with one attached hydrogen (secondary N) is 3. The van der Waals surface area contributed by atoms with Gasteiger partial charge in [-0.15, -0.1) is 0 Å². The van der Waals surface area contributed by atoms with E-state index in [-0.39, 0.29) is 18.1 Å². The number of carbonyl (C=O) groups excluding carboxylic acids is 1. The van der Waals surface area contributed by atoms with Crippen LogP contribution in [0.3, 0.4) is 0 Å². The van der Waals surface area contributed by atoms with Crippen LogP contribution in [0.5, 0.6) is 0 Å². The quantitative estimate of drug-likeness (QED) is 0.218. The molecule has 5 rings (SSSR count). The number of hydrogen-bond acceptors (Lipinski definition) is 6. The highest BCUT2D eigenvalue weighted by Crippen LogP contribution is 2.49. The van der Waals surface area contributed by atoms with Crippen molar-refractivity contribution >= 4 is 17.4 Å². The average molecular weight is 566 g/mol. The molecule has 0 aromatic heterocycles. The molecule has 8 heteroatoms. The van der Waals surface area contributed by atoms with Gasteiger partial charge in [0.15, 0.2) is 0 Å². The SMILES string of the molecule is C=C(N)c1ccc2c(c1)CCc1cc(C(N)=O)ccc1C2(C[C@H](C)NCC(=C)N1C(C#N)C[C@@H]2C[C@@H]21)C(=N)NC(C)C. The smallest absolute Gasteiger partial charge is 0.248 e. The van der Waals surface area contributed by atoms with Gasteiger partial charge in [0.05, 0.1) is 11.5 Å². The number of piperidine rings is 1. The summed E-state index contributed by atoms with van der Waals surface area (Å²) in [4.78, 5) is 14.4. The molecule has 0 bridgehead atoms. The lowest BCUT2D eigenvalue weighted by Crippen LogP contribution is -2.51. The van der Waals surface area contributed by atoms with Crippen LogP contribution in [0.15, 0.2) is 55.3 Å². The van der Waals surface area contributed by atoms with Gasteiger partial charge in [0.2, 0.25) is 5.91 Å². The second-order valence-electron chi connectivity index (χ2n) is 12.6. The zero-order chi connectivity index (χ0) is 30.3. The second kappa shape index (κ2) is 11.3. The molecule has 0 spiro atoms. The molecule has 2 aromatic carbocycles. The lowest BCUT2D eigenvalue weighted by Gasteiger charge is -2.40. The minimum absolute atomic E-state index is 0.0204. The van der Waals surface area contributed by atoms with E-state index in [0.29, 0.717) is 48.4 Å². The van der Waals surface area contributed by atoms with Crippen molar-refractivity contribution in [2.24, 2.45) is 17.4 Å². The molecule has 2 aliphatic carbocycles. The van der Waals surface area contributed by atoms with E-state index in [1.165, 1.54) is 0 Å². The number of amidine groups is 1. The van der Waals surface area contributed by atoms with Crippen molar-refractivity contribution in [3.05, 3.63) is 88.6 Å². The molecule has 1 aliphatic heterocycles. The topological polar surface area (TPSA) is 144 Å². The van der Waals surface area contributed by atoms with Gasteiger partial charge in [-0.1, -0.05) is 31.4 Å². The molecule has 220 valence electrons. The molecule has 42 heavy (non-hydrogen) atoms. The van der Waals surface area contributed by atoms with Crippen LogP contribution in [0.2, 0.25) is 0 Å². The Bertz CT molecular complexity index is 1420. The number of primary amides is 1. The van der Waals surface area contributed by atoms with Crippen molar-refractivity contribution < 1.29 is 4.79 Å². The van der Waals surface area contributed by atoms with Gasteiger partial charge in [0.25, 0.3) is 0 Å². The summed E-state index contributed by atoms with van der Waals surface area (Å²) in [6.07, 6.45) is 4.09. The molecular formula is C34H43N7O. The van der Waals surface area contributed by atoms with Crippen molar-refractivity contribution in [2.75, 3.05) is 6.54 Å². The van der Waals surface area contributed by atoms with Crippen molar-refractivity contribution in [2.45, 2.75) is 82.5 Å². The number of fused-ring (bicyclic) bond motifs is 3. The van der Waals surface area contributed by atoms with Crippen molar-refractivity contribution in [3.8, 4) is 6.07 Å². The van der Waals surface area contributed by atoms with E-state index in [4.69, 9.17) is 11.5 Å². The van der Waals surface area contributed by atoms with Gasteiger partial charge in [-0.3, -0.25) is 10.2 Å². The molecule has 3 aliphatic rings. The minimum atomic E-state index is -0.825. The molecule has 1 amide bonds. The summed E-state index contributed by atoms with van der Waals surface area (Å²) < 4.78 is 0. The number of likely N-dealkylation sites (tertiary alicyclic amines) is 1. The van der Waals surface area contributed by atoms with Crippen LogP contribution < -0.4 is 22.1 Å². The van der Waals surface area contributed by atoms with Gasteiger partial charge in [-0.25, -0.2) is 0 Å². The lowest BCUT2D eigenvalue weighted by atomic mass is 9.67. The number of nitrogens with two attached hydrogens (primary N) is 2. The largest absolute Gasteiger partial charge is 0.399 e. The Morgan fingerprint density at radius 3 is 2.29 bits per heavy atom. The van der Waals surface area contributed by atoms with Crippen LogP contribution in [0, 0.1) is 22.7 Å². The highest BCUT2D eigenvalue weighted by atomic mass is 16.1. The number of carbonyl (C=O) groups is 1. The van der Waals surface area contributed by atoms with Gasteiger partial charge in [-0.2, -0.15) is 5.26 Å². The molecular weight excluding hydrogens is 522 g/mol. The van der Waals surface area contributed by atoms with Gasteiger partial charge in [0, 0.05) is 41.6 Å². The Kier molecular flexibility index (Phi) is 7.91. The van der Waals surface area contributed by atoms with E-state index in [1.807, 2.05) is 32.0 Å². The molecule has 2 aromatic rings. The van der Waals surface area contributed by atoms with E-state index in [0.717, 1.165) is 52.8 Å². The third kappa shape index (κ3) is 5.30. The third-order valence-electron chi connectivity index (χ3n) is 9.19. The first kappa shape index (κ1) is 29.4. The Morgan fingerprint density at radius 2 is 1.71 bits per heavy atom. The Hall–Kier alpha value is -4.09. The fourth-order valence-electron chi connectivity index (χ4n) is 7.15. The fourth-order valence-corrected chi connectivity index (χ4v) is 7.15. The van der Waals surface area contributed by atoms with Crippen molar-refractivity contribution in [1.82, 2.24) is 15.5 Å². The van der Waals surface area contributed by atoms with Crippen LogP contribution >= 0.6 is 0 Å². The van der Waals surface area contributed by atoms with Crippen LogP contribution in [-0.2, 0) is 18.3 Å². The molecule has 1 saturated carbocycles. The maximum Gasteiger partial charge on any atom is 0.248 e. The molecule has 2 unspecified atom stereocenters. The summed E-state index contributed by atoms with van der Waals surface area (Å²) in [5, 5.41) is 26.4. The summed E-state index contributed by atoms with van der Waals surface area (Å²) in [7, 11) is 0. The van der Waals surface area contributed by atoms with Crippen LogP contribution in [0.25, 0.3) is 5.70 Å². The first-order valence-corrected chi connectivity index (χ1v) is 14.9. The summed E-state index contributed by atoms with van der Waals surface area (Å²) in [5.41, 5.74) is 17.9. The highest BCUT2D eigenvalue weighted by molar-refractivity contribution is 5.97. The number of hydrogen-bond donors (Lipinski definition) is 5. The van der Waals surface area contributed by atoms with E-state index < -0.39 is 11.3 Å². The zero-order valence-corrected chi connectivity index (χ0v) is 25.0. The highest BCUT2D eigenvalue weighted by Gasteiger charge is 2.52. The first-order chi connectivity index (χ1) is 20.0. The zero-order valence-electron chi connectivity index (χ0n) is 25.0. The maximum atomic E-state index is 12.2. The summed E-state index contributed by atoms with van der Waals surface area (Å²) in [6, 6.07) is 14.7. The van der Waals surface area contributed by atoms with Gasteiger partial charge >= 0.3 is 0 Å². The number of aryl methyl sites for hydroxylation is 2. The van der Waals surface area contributed by atoms with E-state index in [1.54, 1.807) is 6.07 Å². The fraction of sp³-hybridized carbons (Fsp3) is 0.441. The number of benzene rings is 2. The van der Waals surface area contributed by atoms with Crippen molar-refractivity contribution in [1.29, 1.82) is 10.7 Å². The van der Waals surface area contributed by atoms with Crippen molar-refractivity contribution in [3.63, 3.8) is 0 Å². The normalized spacial score (nSPS) is 24.5. The predicted molar refractivity (Wildman–Crippen MR) is 168 cm³/mol. The Balaban J connectivity index is 1.56. The van der Waals surface area contributed by atoms with Crippen LogP contribution in [-0.4, -0.2) is 47.4 Å². The third-order valence-corrected chi connectivity index (χ3v) is 9.19. The second-order valence-corrected chi connectivity index (χ2v) is 12.6. The van der Waals surface area contributed by atoms with Crippen LogP contribution in [0.1, 0.15) is 78.2 Å². The number of amides is 1. The number of rotatable bonds is 10. The van der Waals surface area contributed by atoms with E-state index in [9.17, 15) is 15.5 Å². The molecule has 7 N–H and O–H groups in total.